The number of rotatable bonds is 7. The Morgan fingerprint density at radius 2 is 1.68 bits per heavy atom. The van der Waals surface area contributed by atoms with Gasteiger partial charge in [-0.3, -0.25) is 4.79 Å². The summed E-state index contributed by atoms with van der Waals surface area (Å²) in [5.41, 5.74) is 1.44. The standard InChI is InChI=1S/C21H17Cl2NO3S/c22-16-8-4-9-17(23)15(16)13-27-21(26)18(12-14-6-2-1-3-7-14)24-20(25)19-10-5-11-28-19/h1-11,18H,12-13H2,(H,24,25). The molecule has 7 heteroatoms. The van der Waals surface area contributed by atoms with Gasteiger partial charge in [0.25, 0.3) is 5.91 Å². The molecule has 1 N–H and O–H groups in total. The zero-order valence-electron chi connectivity index (χ0n) is 14.7. The van der Waals surface area contributed by atoms with Gasteiger partial charge in [0.1, 0.15) is 12.6 Å². The van der Waals surface area contributed by atoms with Crippen molar-refractivity contribution in [1.29, 1.82) is 0 Å². The van der Waals surface area contributed by atoms with Crippen molar-refractivity contribution in [3.8, 4) is 0 Å². The minimum Gasteiger partial charge on any atom is -0.459 e. The highest BCUT2D eigenvalue weighted by molar-refractivity contribution is 7.12. The maximum Gasteiger partial charge on any atom is 0.329 e. The fourth-order valence-electron chi connectivity index (χ4n) is 2.59. The van der Waals surface area contributed by atoms with Crippen LogP contribution in [0.15, 0.2) is 66.0 Å². The van der Waals surface area contributed by atoms with E-state index in [9.17, 15) is 9.59 Å². The van der Waals surface area contributed by atoms with Gasteiger partial charge in [-0.25, -0.2) is 4.79 Å². The molecule has 0 saturated carbocycles. The van der Waals surface area contributed by atoms with E-state index in [1.54, 1.807) is 35.7 Å². The Kier molecular flexibility index (Phi) is 7.09. The topological polar surface area (TPSA) is 55.4 Å². The smallest absolute Gasteiger partial charge is 0.329 e. The Bertz CT molecular complexity index is 925. The van der Waals surface area contributed by atoms with E-state index in [-0.39, 0.29) is 12.5 Å². The summed E-state index contributed by atoms with van der Waals surface area (Å²) >= 11 is 13.6. The van der Waals surface area contributed by atoms with Gasteiger partial charge in [-0.1, -0.05) is 65.7 Å². The lowest BCUT2D eigenvalue weighted by molar-refractivity contribution is -0.147. The number of halogens is 2. The van der Waals surface area contributed by atoms with Crippen LogP contribution < -0.4 is 5.32 Å². The normalized spacial score (nSPS) is 11.6. The molecule has 4 nitrogen and oxygen atoms in total. The van der Waals surface area contributed by atoms with Gasteiger partial charge in [0, 0.05) is 22.0 Å². The van der Waals surface area contributed by atoms with Crippen LogP contribution >= 0.6 is 34.5 Å². The molecule has 0 aliphatic rings. The van der Waals surface area contributed by atoms with Gasteiger partial charge in [0.15, 0.2) is 0 Å². The molecule has 1 atom stereocenters. The highest BCUT2D eigenvalue weighted by Gasteiger charge is 2.24. The fraction of sp³-hybridized carbons (Fsp3) is 0.143. The van der Waals surface area contributed by atoms with Gasteiger partial charge >= 0.3 is 5.97 Å². The number of carbonyl (C=O) groups is 2. The van der Waals surface area contributed by atoms with Gasteiger partial charge < -0.3 is 10.1 Å². The Balaban J connectivity index is 1.73. The molecule has 2 aromatic carbocycles. The first kappa shape index (κ1) is 20.4. The number of benzene rings is 2. The van der Waals surface area contributed by atoms with Crippen LogP contribution in [0.1, 0.15) is 20.8 Å². The SMILES string of the molecule is O=C(NC(Cc1ccccc1)C(=O)OCc1c(Cl)cccc1Cl)c1cccs1. The maximum absolute atomic E-state index is 12.7. The van der Waals surface area contributed by atoms with Crippen molar-refractivity contribution in [2.75, 3.05) is 0 Å². The lowest BCUT2D eigenvalue weighted by Crippen LogP contribution is -2.43. The molecule has 144 valence electrons. The molecule has 3 aromatic rings. The fourth-order valence-corrected chi connectivity index (χ4v) is 3.73. The minimum absolute atomic E-state index is 0.0719. The summed E-state index contributed by atoms with van der Waals surface area (Å²) in [7, 11) is 0. The summed E-state index contributed by atoms with van der Waals surface area (Å²) in [6, 6.07) is 17.1. The molecule has 0 fully saturated rings. The maximum atomic E-state index is 12.7. The van der Waals surface area contributed by atoms with Crippen molar-refractivity contribution >= 4 is 46.4 Å². The summed E-state index contributed by atoms with van der Waals surface area (Å²) in [5.74, 6) is -0.867. The number of amides is 1. The summed E-state index contributed by atoms with van der Waals surface area (Å²) in [4.78, 5) is 25.7. The summed E-state index contributed by atoms with van der Waals surface area (Å²) < 4.78 is 5.42. The lowest BCUT2D eigenvalue weighted by Gasteiger charge is -2.18. The van der Waals surface area contributed by atoms with Crippen LogP contribution in [0.4, 0.5) is 0 Å². The van der Waals surface area contributed by atoms with E-state index in [0.29, 0.717) is 26.9 Å². The Morgan fingerprint density at radius 1 is 0.964 bits per heavy atom. The van der Waals surface area contributed by atoms with E-state index in [4.69, 9.17) is 27.9 Å². The van der Waals surface area contributed by atoms with Crippen LogP contribution in [-0.2, 0) is 22.6 Å². The average molecular weight is 434 g/mol. The zero-order valence-corrected chi connectivity index (χ0v) is 17.1. The minimum atomic E-state index is -0.835. The zero-order chi connectivity index (χ0) is 19.9. The molecule has 1 heterocycles. The third-order valence-electron chi connectivity index (χ3n) is 4.04. The molecule has 3 rings (SSSR count). The largest absolute Gasteiger partial charge is 0.459 e. The second-order valence-corrected chi connectivity index (χ2v) is 7.76. The molecule has 0 spiro atoms. The van der Waals surface area contributed by atoms with Crippen LogP contribution in [0.25, 0.3) is 0 Å². The van der Waals surface area contributed by atoms with Crippen molar-refractivity contribution < 1.29 is 14.3 Å². The van der Waals surface area contributed by atoms with E-state index >= 15 is 0 Å². The molecular formula is C21H17Cl2NO3S. The van der Waals surface area contributed by atoms with Crippen LogP contribution in [0.5, 0.6) is 0 Å². The van der Waals surface area contributed by atoms with Crippen molar-refractivity contribution in [2.24, 2.45) is 0 Å². The molecule has 0 aliphatic carbocycles. The van der Waals surface area contributed by atoms with Crippen molar-refractivity contribution in [3.05, 3.63) is 92.1 Å². The first-order valence-electron chi connectivity index (χ1n) is 8.52. The Labute approximate surface area is 177 Å². The summed E-state index contributed by atoms with van der Waals surface area (Å²) in [5, 5.41) is 5.41. The number of carbonyl (C=O) groups excluding carboxylic acids is 2. The third-order valence-corrected chi connectivity index (χ3v) is 5.61. The van der Waals surface area contributed by atoms with E-state index in [1.807, 2.05) is 30.3 Å². The molecule has 28 heavy (non-hydrogen) atoms. The molecule has 0 radical (unpaired) electrons. The number of thiophene rings is 1. The van der Waals surface area contributed by atoms with E-state index in [0.717, 1.165) is 5.56 Å². The molecule has 1 unspecified atom stereocenters. The van der Waals surface area contributed by atoms with Gasteiger partial charge in [-0.05, 0) is 29.1 Å². The number of esters is 1. The molecule has 1 aromatic heterocycles. The molecule has 0 saturated heterocycles. The predicted octanol–water partition coefficient (Wildman–Crippen LogP) is 5.14. The van der Waals surface area contributed by atoms with Crippen LogP contribution in [-0.4, -0.2) is 17.9 Å². The Morgan fingerprint density at radius 3 is 2.32 bits per heavy atom. The first-order chi connectivity index (χ1) is 13.5. The van der Waals surface area contributed by atoms with Crippen LogP contribution in [0, 0.1) is 0 Å². The van der Waals surface area contributed by atoms with Gasteiger partial charge in [-0.2, -0.15) is 0 Å². The summed E-state index contributed by atoms with van der Waals surface area (Å²) in [6.07, 6.45) is 0.313. The highest BCUT2D eigenvalue weighted by atomic mass is 35.5. The molecule has 0 aliphatic heterocycles. The van der Waals surface area contributed by atoms with E-state index in [1.165, 1.54) is 11.3 Å². The summed E-state index contributed by atoms with van der Waals surface area (Å²) in [6.45, 7) is -0.0719. The monoisotopic (exact) mass is 433 g/mol. The average Bonchev–Trinajstić information content (AvgIpc) is 3.22. The molecular weight excluding hydrogens is 417 g/mol. The number of ether oxygens (including phenoxy) is 1. The van der Waals surface area contributed by atoms with Gasteiger partial charge in [-0.15, -0.1) is 11.3 Å². The lowest BCUT2D eigenvalue weighted by atomic mass is 10.1. The Hall–Kier alpha value is -2.34. The first-order valence-corrected chi connectivity index (χ1v) is 10.2. The van der Waals surface area contributed by atoms with Crippen molar-refractivity contribution in [2.45, 2.75) is 19.1 Å². The number of hydrogen-bond donors (Lipinski definition) is 1. The number of nitrogens with one attached hydrogen (secondary N) is 1. The van der Waals surface area contributed by atoms with Crippen LogP contribution in [0.2, 0.25) is 10.0 Å². The third kappa shape index (κ3) is 5.35. The van der Waals surface area contributed by atoms with Gasteiger partial charge in [0.2, 0.25) is 0 Å². The van der Waals surface area contributed by atoms with Gasteiger partial charge in [0.05, 0.1) is 4.88 Å². The molecule has 1 amide bonds. The van der Waals surface area contributed by atoms with E-state index < -0.39 is 12.0 Å². The van der Waals surface area contributed by atoms with Crippen LogP contribution in [0.3, 0.4) is 0 Å². The molecule has 0 bridgehead atoms. The quantitative estimate of drug-likeness (QED) is 0.524. The second kappa shape index (κ2) is 9.73. The highest BCUT2D eigenvalue weighted by Crippen LogP contribution is 2.25. The van der Waals surface area contributed by atoms with E-state index in [2.05, 4.69) is 5.32 Å². The van der Waals surface area contributed by atoms with Crippen molar-refractivity contribution in [1.82, 2.24) is 5.32 Å². The number of hydrogen-bond acceptors (Lipinski definition) is 4. The second-order valence-electron chi connectivity index (χ2n) is 6.00. The predicted molar refractivity (Wildman–Crippen MR) is 112 cm³/mol. The van der Waals surface area contributed by atoms with Crippen molar-refractivity contribution in [3.63, 3.8) is 0 Å².